The molecular formula is C12H12N2O3. The summed E-state index contributed by atoms with van der Waals surface area (Å²) in [6.07, 6.45) is 0. The summed E-state index contributed by atoms with van der Waals surface area (Å²) < 4.78 is 0. The molecule has 0 atom stereocenters. The van der Waals surface area contributed by atoms with Gasteiger partial charge in [0.2, 0.25) is 0 Å². The summed E-state index contributed by atoms with van der Waals surface area (Å²) in [5.74, 6) is -2.41. The Morgan fingerprint density at radius 1 is 1.29 bits per heavy atom. The Labute approximate surface area is 97.7 Å². The Balaban J connectivity index is 2.58. The zero-order valence-corrected chi connectivity index (χ0v) is 9.52. The standard InChI is InChI=1S/C12H12N2O3/c1-7-10(14(2)11(15)12(16)17)8-5-3-4-6-9(8)13-7/h3-6,13H,1-2H3,(H,16,17). The SMILES string of the molecule is Cc1[nH]c2ccccc2c1N(C)C(=O)C(=O)O. The molecule has 0 fully saturated rings. The maximum Gasteiger partial charge on any atom is 0.394 e. The van der Waals surface area contributed by atoms with Gasteiger partial charge >= 0.3 is 11.9 Å². The first-order valence-electron chi connectivity index (χ1n) is 5.10. The number of likely N-dealkylation sites (N-methyl/N-ethyl adjacent to an activating group) is 1. The summed E-state index contributed by atoms with van der Waals surface area (Å²) in [4.78, 5) is 26.4. The van der Waals surface area contributed by atoms with Crippen molar-refractivity contribution in [3.8, 4) is 0 Å². The third-order valence-electron chi connectivity index (χ3n) is 2.68. The maximum absolute atomic E-state index is 11.4. The van der Waals surface area contributed by atoms with Crippen LogP contribution in [0.25, 0.3) is 10.9 Å². The molecule has 0 aliphatic heterocycles. The molecule has 1 heterocycles. The molecule has 0 spiro atoms. The average Bonchev–Trinajstić information content (AvgIpc) is 2.62. The van der Waals surface area contributed by atoms with E-state index in [-0.39, 0.29) is 0 Å². The summed E-state index contributed by atoms with van der Waals surface area (Å²) in [7, 11) is 1.46. The van der Waals surface area contributed by atoms with Crippen LogP contribution in [-0.2, 0) is 9.59 Å². The molecule has 0 bridgehead atoms. The van der Waals surface area contributed by atoms with Crippen LogP contribution < -0.4 is 4.90 Å². The lowest BCUT2D eigenvalue weighted by molar-refractivity contribution is -0.148. The quantitative estimate of drug-likeness (QED) is 0.732. The maximum atomic E-state index is 11.4. The van der Waals surface area contributed by atoms with E-state index in [1.54, 1.807) is 6.92 Å². The molecule has 0 radical (unpaired) electrons. The molecule has 1 aromatic carbocycles. The highest BCUT2D eigenvalue weighted by Crippen LogP contribution is 2.29. The number of para-hydroxylation sites is 1. The topological polar surface area (TPSA) is 73.4 Å². The number of nitrogens with one attached hydrogen (secondary N) is 1. The smallest absolute Gasteiger partial charge is 0.394 e. The highest BCUT2D eigenvalue weighted by molar-refractivity contribution is 6.38. The summed E-state index contributed by atoms with van der Waals surface area (Å²) in [5, 5.41) is 9.55. The van der Waals surface area contributed by atoms with E-state index in [1.165, 1.54) is 7.05 Å². The van der Waals surface area contributed by atoms with E-state index >= 15 is 0 Å². The van der Waals surface area contributed by atoms with Gasteiger partial charge in [-0.15, -0.1) is 0 Å². The van der Waals surface area contributed by atoms with Gasteiger partial charge in [-0.05, 0) is 13.0 Å². The van der Waals surface area contributed by atoms with Gasteiger partial charge < -0.3 is 15.0 Å². The van der Waals surface area contributed by atoms with Gasteiger partial charge in [0.1, 0.15) is 0 Å². The fourth-order valence-electron chi connectivity index (χ4n) is 1.94. The van der Waals surface area contributed by atoms with E-state index in [1.807, 2.05) is 24.3 Å². The lowest BCUT2D eigenvalue weighted by Crippen LogP contribution is -2.33. The van der Waals surface area contributed by atoms with Crippen LogP contribution >= 0.6 is 0 Å². The van der Waals surface area contributed by atoms with Crippen molar-refractivity contribution in [1.29, 1.82) is 0 Å². The lowest BCUT2D eigenvalue weighted by Gasteiger charge is -2.14. The fraction of sp³-hybridized carbons (Fsp3) is 0.167. The van der Waals surface area contributed by atoms with Crippen molar-refractivity contribution in [3.05, 3.63) is 30.0 Å². The van der Waals surface area contributed by atoms with Crippen LogP contribution in [0.4, 0.5) is 5.69 Å². The van der Waals surface area contributed by atoms with Gasteiger partial charge in [0.15, 0.2) is 0 Å². The zero-order chi connectivity index (χ0) is 12.6. The number of hydrogen-bond donors (Lipinski definition) is 2. The number of aromatic amines is 1. The minimum Gasteiger partial charge on any atom is -0.474 e. The molecule has 2 rings (SSSR count). The van der Waals surface area contributed by atoms with Crippen LogP contribution in [0, 0.1) is 6.92 Å². The van der Waals surface area contributed by atoms with Crippen LogP contribution in [0.5, 0.6) is 0 Å². The number of rotatable bonds is 1. The van der Waals surface area contributed by atoms with Crippen molar-refractivity contribution in [3.63, 3.8) is 0 Å². The van der Waals surface area contributed by atoms with Crippen molar-refractivity contribution in [2.24, 2.45) is 0 Å². The predicted molar refractivity (Wildman–Crippen MR) is 64.1 cm³/mol. The first kappa shape index (κ1) is 11.2. The average molecular weight is 232 g/mol. The van der Waals surface area contributed by atoms with E-state index in [4.69, 9.17) is 5.11 Å². The number of anilines is 1. The Bertz CT molecular complexity index is 601. The molecule has 0 unspecified atom stereocenters. The first-order chi connectivity index (χ1) is 8.02. The van der Waals surface area contributed by atoms with E-state index < -0.39 is 11.9 Å². The van der Waals surface area contributed by atoms with Crippen LogP contribution in [0.15, 0.2) is 24.3 Å². The Morgan fingerprint density at radius 3 is 2.59 bits per heavy atom. The second kappa shape index (κ2) is 3.93. The molecule has 1 amide bonds. The number of carbonyl (C=O) groups excluding carboxylic acids is 1. The third kappa shape index (κ3) is 1.75. The van der Waals surface area contributed by atoms with E-state index in [0.29, 0.717) is 5.69 Å². The summed E-state index contributed by atoms with van der Waals surface area (Å²) in [6.45, 7) is 1.81. The number of hydrogen-bond acceptors (Lipinski definition) is 2. The molecular weight excluding hydrogens is 220 g/mol. The van der Waals surface area contributed by atoms with E-state index in [2.05, 4.69) is 4.98 Å². The molecule has 2 N–H and O–H groups in total. The molecule has 0 saturated heterocycles. The monoisotopic (exact) mass is 232 g/mol. The molecule has 5 heteroatoms. The number of carboxylic acids is 1. The predicted octanol–water partition coefficient (Wildman–Crippen LogP) is 1.52. The second-order valence-corrected chi connectivity index (χ2v) is 3.81. The minimum absolute atomic E-state index is 0.605. The number of benzene rings is 1. The van der Waals surface area contributed by atoms with E-state index in [0.717, 1.165) is 21.5 Å². The zero-order valence-electron chi connectivity index (χ0n) is 9.52. The molecule has 2 aromatic rings. The van der Waals surface area contributed by atoms with E-state index in [9.17, 15) is 9.59 Å². The van der Waals surface area contributed by atoms with Crippen molar-refractivity contribution >= 4 is 28.5 Å². The van der Waals surface area contributed by atoms with Gasteiger partial charge in [-0.3, -0.25) is 4.79 Å². The van der Waals surface area contributed by atoms with Crippen LogP contribution in [0.1, 0.15) is 5.69 Å². The van der Waals surface area contributed by atoms with Crippen molar-refractivity contribution in [2.45, 2.75) is 6.92 Å². The number of nitrogens with zero attached hydrogens (tertiary/aromatic N) is 1. The van der Waals surface area contributed by atoms with Gasteiger partial charge in [-0.1, -0.05) is 18.2 Å². The van der Waals surface area contributed by atoms with Crippen molar-refractivity contribution in [1.82, 2.24) is 4.98 Å². The molecule has 0 aliphatic rings. The van der Waals surface area contributed by atoms with Gasteiger partial charge in [-0.25, -0.2) is 4.79 Å². The largest absolute Gasteiger partial charge is 0.474 e. The molecule has 5 nitrogen and oxygen atoms in total. The number of H-pyrrole nitrogens is 1. The molecule has 0 saturated carbocycles. The Kier molecular flexibility index (Phi) is 2.59. The Morgan fingerprint density at radius 2 is 1.94 bits per heavy atom. The van der Waals surface area contributed by atoms with Gasteiger partial charge in [-0.2, -0.15) is 0 Å². The number of aryl methyl sites for hydroxylation is 1. The number of fused-ring (bicyclic) bond motifs is 1. The number of carboxylic acid groups (broad SMARTS) is 1. The van der Waals surface area contributed by atoms with Crippen LogP contribution in [0.3, 0.4) is 0 Å². The molecule has 0 aliphatic carbocycles. The number of aliphatic carboxylic acids is 1. The minimum atomic E-state index is -1.46. The number of amides is 1. The number of carbonyl (C=O) groups is 2. The summed E-state index contributed by atoms with van der Waals surface area (Å²) in [5.41, 5.74) is 2.25. The van der Waals surface area contributed by atoms with Crippen molar-refractivity contribution < 1.29 is 14.7 Å². The van der Waals surface area contributed by atoms with Crippen molar-refractivity contribution in [2.75, 3.05) is 11.9 Å². The fourth-order valence-corrected chi connectivity index (χ4v) is 1.94. The van der Waals surface area contributed by atoms with Crippen LogP contribution in [-0.4, -0.2) is 29.0 Å². The number of aromatic nitrogens is 1. The molecule has 88 valence electrons. The summed E-state index contributed by atoms with van der Waals surface area (Å²) in [6, 6.07) is 7.45. The lowest BCUT2D eigenvalue weighted by atomic mass is 10.2. The summed E-state index contributed by atoms with van der Waals surface area (Å²) >= 11 is 0. The van der Waals surface area contributed by atoms with Gasteiger partial charge in [0.25, 0.3) is 0 Å². The second-order valence-electron chi connectivity index (χ2n) is 3.81. The Hall–Kier alpha value is -2.30. The molecule has 17 heavy (non-hydrogen) atoms. The normalized spacial score (nSPS) is 10.5. The van der Waals surface area contributed by atoms with Gasteiger partial charge in [0, 0.05) is 23.6 Å². The van der Waals surface area contributed by atoms with Gasteiger partial charge in [0.05, 0.1) is 5.69 Å². The first-order valence-corrected chi connectivity index (χ1v) is 5.10. The highest BCUT2D eigenvalue weighted by Gasteiger charge is 2.22. The van der Waals surface area contributed by atoms with Crippen LogP contribution in [0.2, 0.25) is 0 Å². The molecule has 1 aromatic heterocycles. The highest BCUT2D eigenvalue weighted by atomic mass is 16.4. The third-order valence-corrected chi connectivity index (χ3v) is 2.68.